The summed E-state index contributed by atoms with van der Waals surface area (Å²) >= 11 is 25.3. The number of hydrogen-bond acceptors (Lipinski definition) is 41. The topological polar surface area (TPSA) is 586 Å². The number of carbonyl (C=O) groups excluding carboxylic acids is 4. The largest absolute Gasteiger partial charge is 0.463 e. The molecule has 24 atom stereocenters. The molecule has 148 heavy (non-hydrogen) atoms. The number of benzene rings is 4. The molecule has 13 N–H and O–H groups in total. The minimum absolute atomic E-state index is 0.0358. The molecule has 0 aliphatic carbocycles. The van der Waals surface area contributed by atoms with E-state index in [1.165, 1.54) is 87.4 Å². The highest BCUT2D eigenvalue weighted by molar-refractivity contribution is 7.72. The Balaban J connectivity index is 0.000000219. The molecule has 56 heteroatoms. The average molecular weight is 2260 g/mol. The Morgan fingerprint density at radius 3 is 0.872 bits per heavy atom. The number of esters is 4. The van der Waals surface area contributed by atoms with E-state index in [0.717, 1.165) is 19.8 Å². The van der Waals surface area contributed by atoms with E-state index in [1.54, 1.807) is 165 Å². The van der Waals surface area contributed by atoms with E-state index in [0.29, 0.717) is 4.64 Å². The summed E-state index contributed by atoms with van der Waals surface area (Å²) in [7, 11) is -16.3. The van der Waals surface area contributed by atoms with Crippen molar-refractivity contribution in [3.8, 4) is 23.0 Å². The molecule has 0 saturated carbocycles. The van der Waals surface area contributed by atoms with E-state index in [9.17, 15) is 105 Å². The van der Waals surface area contributed by atoms with Gasteiger partial charge in [0.05, 0.1) is 99.2 Å². The van der Waals surface area contributed by atoms with Crippen molar-refractivity contribution in [1.29, 1.82) is 0 Å². The molecule has 4 aromatic carbocycles. The number of carbonyl (C=O) groups is 4. The van der Waals surface area contributed by atoms with Gasteiger partial charge in [0, 0.05) is 30.9 Å². The third-order valence-corrected chi connectivity index (χ3v) is 31.9. The molecule has 0 amide bonds. The van der Waals surface area contributed by atoms with Crippen molar-refractivity contribution in [2.45, 2.75) is 204 Å². The fourth-order valence-corrected chi connectivity index (χ4v) is 23.5. The number of nitrogens with one attached hydrogen (secondary N) is 3. The summed E-state index contributed by atoms with van der Waals surface area (Å²) in [5.74, 6) is -4.90. The average Bonchev–Trinajstić information content (AvgIpc) is 1.62. The third-order valence-electron chi connectivity index (χ3n) is 22.4. The molecule has 0 spiro atoms. The van der Waals surface area contributed by atoms with Gasteiger partial charge in [0.25, 0.3) is 5.56 Å². The molecule has 4 fully saturated rings. The van der Waals surface area contributed by atoms with Gasteiger partial charge in [-0.25, -0.2) is 45.6 Å². The van der Waals surface area contributed by atoms with Crippen LogP contribution in [0, 0.1) is 47.3 Å². The Morgan fingerprint density at radius 1 is 0.378 bits per heavy atom. The lowest BCUT2D eigenvalue weighted by Gasteiger charge is -2.29. The maximum absolute atomic E-state index is 14.0. The van der Waals surface area contributed by atoms with E-state index in [4.69, 9.17) is 141 Å². The number of H-pyrrole nitrogens is 3. The van der Waals surface area contributed by atoms with Gasteiger partial charge in [-0.1, -0.05) is 125 Å². The number of nitrogens with zero attached hydrogens (tertiary/aromatic N) is 5. The number of nitrogen functional groups attached to an aromatic ring is 1. The Bertz CT molecular complexity index is 5970. The van der Waals surface area contributed by atoms with E-state index in [2.05, 4.69) is 19.9 Å². The van der Waals surface area contributed by atoms with Crippen LogP contribution in [0.25, 0.3) is 0 Å². The fourth-order valence-electron chi connectivity index (χ4n) is 14.9. The second-order valence-electron chi connectivity index (χ2n) is 36.0. The van der Waals surface area contributed by atoms with Crippen LogP contribution in [0.4, 0.5) is 23.4 Å². The molecule has 816 valence electrons. The number of hydrogen-bond donors (Lipinski definition) is 12. The minimum atomic E-state index is -4.09. The second-order valence-corrected chi connectivity index (χ2v) is 46.1. The lowest BCUT2D eigenvalue weighted by atomic mass is 9.95. The number of aliphatic hydroxyl groups is 8. The van der Waals surface area contributed by atoms with Crippen molar-refractivity contribution in [3.63, 3.8) is 0 Å². The number of rotatable bonds is 44. The predicted octanol–water partition coefficient (Wildman–Crippen LogP) is 12.6. The number of para-hydroxylation sites is 4. The number of halogens is 4. The maximum atomic E-state index is 14.0. The fraction of sp³-hybridized carbons (Fsp3) is 0.522. The van der Waals surface area contributed by atoms with Gasteiger partial charge in [-0.2, -0.15) is 0 Å². The summed E-state index contributed by atoms with van der Waals surface area (Å²) in [6.07, 6.45) is -16.6. The third kappa shape index (κ3) is 32.4. The van der Waals surface area contributed by atoms with E-state index >= 15 is 0 Å². The Kier molecular flexibility index (Phi) is 44.5. The van der Waals surface area contributed by atoms with Crippen LogP contribution >= 0.6 is 91.5 Å². The smallest absolute Gasteiger partial charge is 0.380 e. The lowest BCUT2D eigenvalue weighted by molar-refractivity contribution is -0.152. The molecule has 12 rings (SSSR count). The Morgan fingerprint density at radius 2 is 0.622 bits per heavy atom. The van der Waals surface area contributed by atoms with E-state index < -0.39 is 245 Å². The van der Waals surface area contributed by atoms with E-state index in [1.807, 2.05) is 0 Å². The van der Waals surface area contributed by atoms with Gasteiger partial charge >= 0.3 is 60.0 Å². The summed E-state index contributed by atoms with van der Waals surface area (Å²) in [4.78, 5) is 84.5. The van der Waals surface area contributed by atoms with Crippen molar-refractivity contribution in [3.05, 3.63) is 215 Å². The van der Waals surface area contributed by atoms with Crippen molar-refractivity contribution in [2.24, 2.45) is 23.7 Å². The number of nitrogens with two attached hydrogens (primary N) is 1. The number of alkyl halides is 4. The summed E-state index contributed by atoms with van der Waals surface area (Å²) in [5.41, 5.74) is -5.48. The first kappa shape index (κ1) is 122. The standard InChI is InChI=1S/C23H31FN3O8PS.2C23H30FN2O9PS.C23H30FN2O8PS2/c1-14(2)33-20(29)15(3)12-36(31,35-16-7-5-4-6-8-16)32-11-17-19(28)23(30,13-24)21(34-17)27-10-9-18(25)26-22(27)37;1-14(2)33-20(28)15(3)12-36(31,35-16-7-5-4-6-8-16)32-11-17-19(27)23(30,13-24)21(34-17)26-10-9-18(37)25-22(26)29;1-14(2)33-20(29)15(3)12-36(31,35-16-7-5-4-6-8-16)32-11-17-19(28)23(30,13-24)21(34-17)26-10-9-18(27)25-22(26)37;1-14(2)32-20(28)15(3)12-35(30,34-16-7-5-4-6-8-16)31-11-17-19(27)23(29,13-24)21(33-17)26-10-9-18(36)25-22(26)37/h4-10,14-15,17,19,21,28,30H,11-13H2,1-3H3,(H2,25,26,37);4-10,14-15,17,19,21,27,30H,11-13H2,1-3H3,(H,25,29,37);4-10,14-15,17,19,21,28,30H,11-13H2,1-3H3,(H,25,27,37);4-10,14-15,17,19,21,27,29H,11-13H2,1-3H3,(H,25,36,37)/t15-,17-,19+,21-,23?,36?;15-,17-,19+,21?,23+,36?;15-,17-,19+,21-,23?,36?;15-,17-,19+,21-,23?,35?/m1111/s1. The number of aromatic amines is 3. The Hall–Kier alpha value is -9.22. The monoisotopic (exact) mass is 2260 g/mol. The van der Waals surface area contributed by atoms with Gasteiger partial charge < -0.3 is 108 Å². The van der Waals surface area contributed by atoms with Gasteiger partial charge in [-0.3, -0.25) is 70.3 Å². The van der Waals surface area contributed by atoms with Gasteiger partial charge in [-0.05, 0) is 159 Å². The van der Waals surface area contributed by atoms with Crippen LogP contribution in [-0.4, -0.2) is 276 Å². The molecule has 0 bridgehead atoms. The first-order chi connectivity index (χ1) is 69.5. The van der Waals surface area contributed by atoms with Gasteiger partial charge in [0.2, 0.25) is 4.77 Å². The number of aliphatic hydroxyl groups excluding tert-OH is 4. The normalized spacial score (nSPS) is 26.0. The predicted molar refractivity (Wildman–Crippen MR) is 537 cm³/mol. The van der Waals surface area contributed by atoms with Crippen LogP contribution in [0.5, 0.6) is 23.0 Å². The van der Waals surface area contributed by atoms with Crippen molar-refractivity contribution >= 4 is 121 Å². The van der Waals surface area contributed by atoms with Crippen LogP contribution in [0.1, 0.15) is 108 Å². The zero-order chi connectivity index (χ0) is 110. The van der Waals surface area contributed by atoms with Crippen molar-refractivity contribution in [2.75, 3.05) is 83.5 Å². The van der Waals surface area contributed by atoms with Crippen molar-refractivity contribution < 1.29 is 170 Å². The molecular formula is C92H121F4N9O34P4S5. The summed E-state index contributed by atoms with van der Waals surface area (Å²) < 4.78 is 204. The quantitative estimate of drug-likeness (QED) is 0.00555. The molecule has 4 saturated heterocycles. The number of aromatic nitrogens is 8. The first-order valence-electron chi connectivity index (χ1n) is 46.0. The molecule has 8 heterocycles. The summed E-state index contributed by atoms with van der Waals surface area (Å²) in [5, 5.41) is 86.5. The number of ether oxygens (including phenoxy) is 8. The Labute approximate surface area is 872 Å². The number of anilines is 1. The first-order valence-corrected chi connectivity index (χ1v) is 55.0. The molecule has 8 aromatic rings. The summed E-state index contributed by atoms with van der Waals surface area (Å²) in [6, 6.07) is 37.8. The highest BCUT2D eigenvalue weighted by atomic mass is 32.1. The second kappa shape index (κ2) is 53.9. The zero-order valence-electron chi connectivity index (χ0n) is 82.0. The highest BCUT2D eigenvalue weighted by Crippen LogP contribution is 2.57. The lowest BCUT2D eigenvalue weighted by Crippen LogP contribution is -2.50. The molecule has 0 radical (unpaired) electrons. The van der Waals surface area contributed by atoms with Crippen LogP contribution < -0.4 is 35.1 Å². The SMILES string of the molecule is CC(C)OC(=O)[C@H](C)CP(=O)(OC[C@H]1OC(n2ccc(=S)[nH]c2=O)[C@](O)(CF)[C@H]1O)Oc1ccccc1.CC(C)OC(=O)[C@H](C)CP(=O)(OC[C@H]1O[C@@H](n2ccc(=O)[nH]c2=S)C(O)(CF)[C@H]1O)Oc1ccccc1.CC(C)OC(=O)[C@H](C)CP(=O)(OC[C@H]1O[C@@H](n2ccc(=S)[nH]c2=S)C(O)(CF)[C@H]1O)Oc1ccccc1.CC(C)OC(=O)[C@H](C)CP(=O)(OC[C@H]1O[C@@H](n2ccc(N)nc2=S)C(O)(CF)[C@H]1O)Oc1ccccc1. The van der Waals surface area contributed by atoms with Crippen LogP contribution in [-0.2, 0) is 93.4 Å². The maximum Gasteiger partial charge on any atom is 0.380 e. The zero-order valence-corrected chi connectivity index (χ0v) is 89.7. The molecule has 4 aromatic heterocycles. The molecule has 8 unspecified atom stereocenters. The summed E-state index contributed by atoms with van der Waals surface area (Å²) in [6.45, 7) is 11.5. The van der Waals surface area contributed by atoms with Gasteiger partial charge in [0.15, 0.2) is 56.9 Å². The molecule has 43 nitrogen and oxygen atoms in total. The molecule has 4 aliphatic rings. The van der Waals surface area contributed by atoms with Crippen molar-refractivity contribution in [1.82, 2.24) is 38.2 Å². The minimum Gasteiger partial charge on any atom is -0.463 e. The van der Waals surface area contributed by atoms with Crippen LogP contribution in [0.2, 0.25) is 0 Å². The molecule has 4 aliphatic heterocycles. The van der Waals surface area contributed by atoms with Crippen LogP contribution in [0.15, 0.2) is 180 Å². The highest BCUT2D eigenvalue weighted by Gasteiger charge is 2.62. The van der Waals surface area contributed by atoms with E-state index in [-0.39, 0.29) is 90.7 Å². The van der Waals surface area contributed by atoms with Gasteiger partial charge in [-0.15, -0.1) is 0 Å². The molecular weight excluding hydrogens is 2140 g/mol. The van der Waals surface area contributed by atoms with Crippen LogP contribution in [0.3, 0.4) is 0 Å². The van der Waals surface area contributed by atoms with Gasteiger partial charge in [0.1, 0.15) is 114 Å².